The minimum absolute atomic E-state index is 0.0670. The van der Waals surface area contributed by atoms with Crippen LogP contribution in [0.5, 0.6) is 0 Å². The van der Waals surface area contributed by atoms with Crippen molar-refractivity contribution in [2.45, 2.75) is 19.8 Å². The predicted octanol–water partition coefficient (Wildman–Crippen LogP) is 3.04. The molecule has 138 valence electrons. The number of pyridine rings is 1. The number of aromatic amines is 1. The molecule has 0 aliphatic carbocycles. The molecule has 0 aliphatic heterocycles. The average Bonchev–Trinajstić information content (AvgIpc) is 2.62. The second-order valence-electron chi connectivity index (χ2n) is 6.27. The summed E-state index contributed by atoms with van der Waals surface area (Å²) in [6.07, 6.45) is 0. The number of hydrogen-bond donors (Lipinski definition) is 3. The van der Waals surface area contributed by atoms with E-state index in [0.717, 1.165) is 0 Å². The quantitative estimate of drug-likeness (QED) is 0.651. The molecule has 0 spiro atoms. The monoisotopic (exact) mass is 368 g/mol. The van der Waals surface area contributed by atoms with E-state index >= 15 is 0 Å². The summed E-state index contributed by atoms with van der Waals surface area (Å²) in [5.41, 5.74) is 7.27. The Bertz CT molecular complexity index is 1080. The van der Waals surface area contributed by atoms with Gasteiger partial charge < -0.3 is 15.8 Å². The van der Waals surface area contributed by atoms with E-state index in [2.05, 4.69) is 15.0 Å². The summed E-state index contributed by atoms with van der Waals surface area (Å²) in [6, 6.07) is 8.42. The van der Waals surface area contributed by atoms with Crippen molar-refractivity contribution >= 4 is 11.8 Å². The number of nitrogens with zero attached hydrogens (tertiary/aromatic N) is 2. The largest absolute Gasteiger partial charge is 0.476 e. The van der Waals surface area contributed by atoms with Gasteiger partial charge in [-0.15, -0.1) is 0 Å². The van der Waals surface area contributed by atoms with Crippen LogP contribution >= 0.6 is 0 Å². The first-order valence-corrected chi connectivity index (χ1v) is 8.18. The van der Waals surface area contributed by atoms with Gasteiger partial charge >= 0.3 is 5.97 Å². The van der Waals surface area contributed by atoms with E-state index in [0.29, 0.717) is 22.5 Å². The zero-order valence-electron chi connectivity index (χ0n) is 14.7. The Morgan fingerprint density at radius 1 is 1.11 bits per heavy atom. The van der Waals surface area contributed by atoms with Gasteiger partial charge in [0.25, 0.3) is 0 Å². The molecule has 0 bridgehead atoms. The fraction of sp³-hybridized carbons (Fsp3) is 0.158. The molecule has 27 heavy (non-hydrogen) atoms. The highest BCUT2D eigenvalue weighted by molar-refractivity contribution is 5.93. The van der Waals surface area contributed by atoms with E-state index in [1.165, 1.54) is 30.3 Å². The number of aromatic carboxylic acids is 1. The summed E-state index contributed by atoms with van der Waals surface area (Å²) in [4.78, 5) is 34.4. The molecule has 4 N–H and O–H groups in total. The molecule has 0 atom stereocenters. The summed E-state index contributed by atoms with van der Waals surface area (Å²) >= 11 is 0. The fourth-order valence-electron chi connectivity index (χ4n) is 2.75. The number of H-pyrrole nitrogens is 1. The van der Waals surface area contributed by atoms with Crippen LogP contribution in [0.15, 0.2) is 41.2 Å². The molecular weight excluding hydrogens is 351 g/mol. The van der Waals surface area contributed by atoms with Crippen LogP contribution in [0.2, 0.25) is 0 Å². The first kappa shape index (κ1) is 18.2. The van der Waals surface area contributed by atoms with Crippen LogP contribution < -0.4 is 11.3 Å². The van der Waals surface area contributed by atoms with Gasteiger partial charge in [0.2, 0.25) is 5.56 Å². The number of nitrogens with two attached hydrogens (primary N) is 1. The van der Waals surface area contributed by atoms with Crippen LogP contribution in [0.4, 0.5) is 10.2 Å². The van der Waals surface area contributed by atoms with E-state index in [1.54, 1.807) is 6.07 Å². The maximum absolute atomic E-state index is 13.3. The lowest BCUT2D eigenvalue weighted by molar-refractivity contribution is 0.0691. The first-order chi connectivity index (χ1) is 12.8. The third-order valence-corrected chi connectivity index (χ3v) is 4.02. The van der Waals surface area contributed by atoms with E-state index in [1.807, 2.05) is 13.8 Å². The van der Waals surface area contributed by atoms with Gasteiger partial charge in [0.15, 0.2) is 11.5 Å². The lowest BCUT2D eigenvalue weighted by Gasteiger charge is -2.16. The number of benzene rings is 1. The molecule has 3 aromatic rings. The van der Waals surface area contributed by atoms with Gasteiger partial charge in [0, 0.05) is 22.9 Å². The number of hydrogen-bond acceptors (Lipinski definition) is 5. The summed E-state index contributed by atoms with van der Waals surface area (Å²) in [5, 5.41) is 9.37. The topological polar surface area (TPSA) is 122 Å². The number of anilines is 1. The number of nitrogens with one attached hydrogen (secondary N) is 1. The molecule has 0 radical (unpaired) electrons. The molecule has 0 amide bonds. The lowest BCUT2D eigenvalue weighted by Crippen LogP contribution is -2.13. The maximum atomic E-state index is 13.3. The van der Waals surface area contributed by atoms with Crippen molar-refractivity contribution in [1.82, 2.24) is 15.0 Å². The van der Waals surface area contributed by atoms with Gasteiger partial charge in [0.05, 0.1) is 11.4 Å². The van der Waals surface area contributed by atoms with E-state index in [-0.39, 0.29) is 23.0 Å². The molecule has 0 fully saturated rings. The lowest BCUT2D eigenvalue weighted by atomic mass is 9.97. The summed E-state index contributed by atoms with van der Waals surface area (Å²) in [5.74, 6) is -2.05. The molecule has 0 saturated heterocycles. The molecule has 0 saturated carbocycles. The second kappa shape index (κ2) is 6.99. The van der Waals surface area contributed by atoms with Crippen LogP contribution in [-0.2, 0) is 0 Å². The van der Waals surface area contributed by atoms with E-state index in [9.17, 15) is 19.1 Å². The van der Waals surface area contributed by atoms with Crippen LogP contribution in [0.25, 0.3) is 22.5 Å². The van der Waals surface area contributed by atoms with Crippen molar-refractivity contribution in [3.63, 3.8) is 0 Å². The van der Waals surface area contributed by atoms with Gasteiger partial charge in [-0.2, -0.15) is 0 Å². The average molecular weight is 368 g/mol. The van der Waals surface area contributed by atoms with Crippen LogP contribution in [-0.4, -0.2) is 26.0 Å². The number of rotatable bonds is 4. The van der Waals surface area contributed by atoms with Gasteiger partial charge in [-0.3, -0.25) is 4.79 Å². The van der Waals surface area contributed by atoms with E-state index in [4.69, 9.17) is 5.73 Å². The molecule has 0 aliphatic rings. The number of carboxylic acid groups (broad SMARTS) is 1. The van der Waals surface area contributed by atoms with E-state index < -0.39 is 17.5 Å². The minimum Gasteiger partial charge on any atom is -0.476 e. The fourth-order valence-corrected chi connectivity index (χ4v) is 2.75. The smallest absolute Gasteiger partial charge is 0.358 e. The minimum atomic E-state index is -1.32. The zero-order valence-corrected chi connectivity index (χ0v) is 14.7. The van der Waals surface area contributed by atoms with Gasteiger partial charge in [0.1, 0.15) is 5.82 Å². The van der Waals surface area contributed by atoms with Crippen molar-refractivity contribution in [2.75, 3.05) is 5.73 Å². The normalized spacial score (nSPS) is 11.0. The van der Waals surface area contributed by atoms with Crippen molar-refractivity contribution in [3.05, 3.63) is 64.0 Å². The highest BCUT2D eigenvalue weighted by atomic mass is 19.1. The highest BCUT2D eigenvalue weighted by Crippen LogP contribution is 2.34. The Hall–Kier alpha value is -3.55. The Labute approximate surface area is 153 Å². The molecule has 7 nitrogen and oxygen atoms in total. The molecular formula is C19H17FN4O3. The Morgan fingerprint density at radius 2 is 1.78 bits per heavy atom. The molecule has 8 heteroatoms. The highest BCUT2D eigenvalue weighted by Gasteiger charge is 2.22. The Balaban J connectivity index is 2.37. The third-order valence-electron chi connectivity index (χ3n) is 4.02. The molecule has 2 aromatic heterocycles. The first-order valence-electron chi connectivity index (χ1n) is 8.18. The Kier molecular flexibility index (Phi) is 4.72. The molecule has 3 rings (SSSR count). The summed E-state index contributed by atoms with van der Waals surface area (Å²) in [6.45, 7) is 3.77. The van der Waals surface area contributed by atoms with Crippen molar-refractivity contribution < 1.29 is 14.3 Å². The molecule has 2 heterocycles. The molecule has 0 unspecified atom stereocenters. The SMILES string of the molecule is CC(C)c1[nH]c(=O)ccc1-c1nc(C(=O)O)c(N)nc1-c1ccc(F)cc1. The maximum Gasteiger partial charge on any atom is 0.358 e. The number of nitrogen functional groups attached to an aromatic ring is 1. The zero-order chi connectivity index (χ0) is 19.7. The standard InChI is InChI=1S/C19H17FN4O3/c1-9(2)14-12(7-8-13(25)22-14)16-15(10-3-5-11(20)6-4-10)24-18(21)17(23-16)19(26)27/h3-9H,1-2H3,(H2,21,24)(H,22,25)(H,26,27). The third kappa shape index (κ3) is 3.55. The Morgan fingerprint density at radius 3 is 2.37 bits per heavy atom. The number of aromatic nitrogens is 3. The van der Waals surface area contributed by atoms with Crippen LogP contribution in [0.1, 0.15) is 35.9 Å². The molecule has 1 aromatic carbocycles. The van der Waals surface area contributed by atoms with Crippen molar-refractivity contribution in [3.8, 4) is 22.5 Å². The number of carboxylic acids is 1. The van der Waals surface area contributed by atoms with Gasteiger partial charge in [-0.1, -0.05) is 13.8 Å². The predicted molar refractivity (Wildman–Crippen MR) is 98.9 cm³/mol. The summed E-state index contributed by atoms with van der Waals surface area (Å²) in [7, 11) is 0. The van der Waals surface area contributed by atoms with Crippen molar-refractivity contribution in [2.24, 2.45) is 0 Å². The van der Waals surface area contributed by atoms with Gasteiger partial charge in [-0.05, 0) is 36.2 Å². The van der Waals surface area contributed by atoms with Gasteiger partial charge in [-0.25, -0.2) is 19.2 Å². The van der Waals surface area contributed by atoms with Crippen LogP contribution in [0.3, 0.4) is 0 Å². The second-order valence-corrected chi connectivity index (χ2v) is 6.27. The summed E-state index contributed by atoms with van der Waals surface area (Å²) < 4.78 is 13.3. The number of carbonyl (C=O) groups is 1. The van der Waals surface area contributed by atoms with Crippen LogP contribution in [0, 0.1) is 5.82 Å². The van der Waals surface area contributed by atoms with Crippen molar-refractivity contribution in [1.29, 1.82) is 0 Å². The number of halogens is 1.